The number of nitrogens with two attached hydrogens (primary N) is 2. The van der Waals surface area contributed by atoms with Gasteiger partial charge < -0.3 is 41.6 Å². The van der Waals surface area contributed by atoms with Crippen LogP contribution in [0.4, 0.5) is 4.79 Å². The normalized spacial score (nSPS) is 13.1. The predicted octanol–water partition coefficient (Wildman–Crippen LogP) is -0.216. The molecule has 0 aromatic rings. The molecule has 0 bridgehead atoms. The van der Waals surface area contributed by atoms with E-state index in [2.05, 4.69) is 16.0 Å². The Morgan fingerprint density at radius 2 is 1.50 bits per heavy atom. The highest BCUT2D eigenvalue weighted by molar-refractivity contribution is 5.89. The third-order valence-corrected chi connectivity index (χ3v) is 4.41. The van der Waals surface area contributed by atoms with Crippen LogP contribution in [0.15, 0.2) is 0 Å². The number of carbonyl (C=O) groups is 4. The Morgan fingerprint density at radius 1 is 0.882 bits per heavy atom. The van der Waals surface area contributed by atoms with Gasteiger partial charge in [0.25, 0.3) is 0 Å². The highest BCUT2D eigenvalue weighted by atomic mass is 16.6. The Kier molecular flexibility index (Phi) is 15.8. The summed E-state index contributed by atoms with van der Waals surface area (Å²) in [5, 5.41) is 7.82. The molecule has 0 aliphatic heterocycles. The molecular weight excluding hydrogens is 446 g/mol. The summed E-state index contributed by atoms with van der Waals surface area (Å²) >= 11 is 0. The van der Waals surface area contributed by atoms with Gasteiger partial charge in [-0.3, -0.25) is 14.4 Å². The molecule has 0 aliphatic carbocycles. The van der Waals surface area contributed by atoms with Crippen LogP contribution in [0, 0.1) is 5.92 Å². The maximum absolute atomic E-state index is 12.5. The molecule has 0 saturated carbocycles. The minimum Gasteiger partial charge on any atom is -0.460 e. The molecule has 0 aromatic carbocycles. The Balaban J connectivity index is 4.21. The third kappa shape index (κ3) is 17.1. The van der Waals surface area contributed by atoms with E-state index in [1.54, 1.807) is 20.8 Å². The smallest absolute Gasteiger partial charge is 0.312 e. The van der Waals surface area contributed by atoms with Gasteiger partial charge in [0.05, 0.1) is 38.9 Å². The largest absolute Gasteiger partial charge is 0.460 e. The van der Waals surface area contributed by atoms with E-state index in [-0.39, 0.29) is 50.5 Å². The van der Waals surface area contributed by atoms with E-state index in [4.69, 9.17) is 25.7 Å². The van der Waals surface area contributed by atoms with Crippen LogP contribution < -0.4 is 27.4 Å². The number of esters is 1. The number of carbonyl (C=O) groups excluding carboxylic acids is 4. The second kappa shape index (κ2) is 17.1. The van der Waals surface area contributed by atoms with Crippen LogP contribution in [0.2, 0.25) is 0 Å². The van der Waals surface area contributed by atoms with Gasteiger partial charge in [-0.1, -0.05) is 13.8 Å². The van der Waals surface area contributed by atoms with Crippen molar-refractivity contribution in [2.75, 3.05) is 39.5 Å². The molecular formula is C22H43N5O7. The van der Waals surface area contributed by atoms with Gasteiger partial charge in [0.15, 0.2) is 0 Å². The molecule has 0 saturated heterocycles. The van der Waals surface area contributed by atoms with Gasteiger partial charge in [0.1, 0.15) is 11.6 Å². The first-order chi connectivity index (χ1) is 15.8. The lowest BCUT2D eigenvalue weighted by atomic mass is 10.0. The second-order valence-corrected chi connectivity index (χ2v) is 9.12. The summed E-state index contributed by atoms with van der Waals surface area (Å²) in [6, 6.07) is -2.20. The zero-order chi connectivity index (χ0) is 26.1. The topological polar surface area (TPSA) is 184 Å². The number of hydrogen-bond acceptors (Lipinski definition) is 8. The van der Waals surface area contributed by atoms with Crippen LogP contribution in [-0.2, 0) is 28.6 Å². The molecule has 12 heteroatoms. The number of ether oxygens (including phenoxy) is 3. The van der Waals surface area contributed by atoms with Crippen molar-refractivity contribution in [3.05, 3.63) is 0 Å². The maximum atomic E-state index is 12.5. The summed E-state index contributed by atoms with van der Waals surface area (Å²) in [6.07, 6.45) is 0.903. The molecule has 0 heterocycles. The molecule has 12 nitrogen and oxygen atoms in total. The average Bonchev–Trinajstić information content (AvgIpc) is 2.72. The van der Waals surface area contributed by atoms with Crippen molar-refractivity contribution in [3.8, 4) is 0 Å². The van der Waals surface area contributed by atoms with Crippen LogP contribution in [0.25, 0.3) is 0 Å². The van der Waals surface area contributed by atoms with E-state index in [0.717, 1.165) is 0 Å². The fraction of sp³-hybridized carbons (Fsp3) is 0.818. The van der Waals surface area contributed by atoms with Crippen LogP contribution in [0.1, 0.15) is 53.9 Å². The lowest BCUT2D eigenvalue weighted by Crippen LogP contribution is -2.53. The molecule has 2 atom stereocenters. The van der Waals surface area contributed by atoms with Gasteiger partial charge in [-0.15, -0.1) is 0 Å². The van der Waals surface area contributed by atoms with E-state index < -0.39 is 29.6 Å². The van der Waals surface area contributed by atoms with E-state index in [1.165, 1.54) is 0 Å². The molecule has 0 rings (SSSR count). The van der Waals surface area contributed by atoms with Gasteiger partial charge in [-0.25, -0.2) is 4.79 Å². The minimum absolute atomic E-state index is 0.0833. The number of urea groups is 1. The molecule has 0 aromatic heterocycles. The quantitative estimate of drug-likeness (QED) is 0.137. The van der Waals surface area contributed by atoms with Gasteiger partial charge in [-0.05, 0) is 39.5 Å². The Labute approximate surface area is 202 Å². The fourth-order valence-electron chi connectivity index (χ4n) is 2.60. The molecule has 0 radical (unpaired) electrons. The standard InChI is InChI=1S/C22H43N5O7/c1-15(2)18(23)20(30)27-16(7-6-9-26-21(24)31)19(29)25-10-12-33-14-13-32-11-8-17(28)34-22(3,4)5/h15-16,18H,6-14,23H2,1-5H3,(H,25,29)(H,27,30)(H3,24,26,31)/t16-,18-/m0/s1. The average molecular weight is 490 g/mol. The van der Waals surface area contributed by atoms with Crippen molar-refractivity contribution >= 4 is 23.8 Å². The van der Waals surface area contributed by atoms with Crippen molar-refractivity contribution in [2.24, 2.45) is 17.4 Å². The lowest BCUT2D eigenvalue weighted by Gasteiger charge is -2.22. The molecule has 198 valence electrons. The number of amides is 4. The third-order valence-electron chi connectivity index (χ3n) is 4.41. The summed E-state index contributed by atoms with van der Waals surface area (Å²) in [7, 11) is 0. The predicted molar refractivity (Wildman–Crippen MR) is 127 cm³/mol. The zero-order valence-corrected chi connectivity index (χ0v) is 21.1. The lowest BCUT2D eigenvalue weighted by molar-refractivity contribution is -0.156. The summed E-state index contributed by atoms with van der Waals surface area (Å²) in [5.74, 6) is -1.20. The van der Waals surface area contributed by atoms with Crippen molar-refractivity contribution in [3.63, 3.8) is 0 Å². The summed E-state index contributed by atoms with van der Waals surface area (Å²) < 4.78 is 15.9. The van der Waals surface area contributed by atoms with Crippen molar-refractivity contribution in [1.29, 1.82) is 0 Å². The molecule has 0 unspecified atom stereocenters. The van der Waals surface area contributed by atoms with Crippen LogP contribution >= 0.6 is 0 Å². The molecule has 0 fully saturated rings. The Hall–Kier alpha value is -2.44. The number of nitrogens with one attached hydrogen (secondary N) is 3. The van der Waals surface area contributed by atoms with Crippen molar-refractivity contribution in [1.82, 2.24) is 16.0 Å². The molecule has 0 aliphatic rings. The first-order valence-corrected chi connectivity index (χ1v) is 11.6. The van der Waals surface area contributed by atoms with Crippen LogP contribution in [0.3, 0.4) is 0 Å². The molecule has 4 amide bonds. The van der Waals surface area contributed by atoms with E-state index >= 15 is 0 Å². The first-order valence-electron chi connectivity index (χ1n) is 11.6. The van der Waals surface area contributed by atoms with Gasteiger partial charge in [0.2, 0.25) is 11.8 Å². The molecule has 34 heavy (non-hydrogen) atoms. The van der Waals surface area contributed by atoms with Crippen molar-refractivity contribution < 1.29 is 33.4 Å². The highest BCUT2D eigenvalue weighted by Crippen LogP contribution is 2.08. The highest BCUT2D eigenvalue weighted by Gasteiger charge is 2.24. The summed E-state index contributed by atoms with van der Waals surface area (Å²) in [6.45, 7) is 10.6. The monoisotopic (exact) mass is 489 g/mol. The van der Waals surface area contributed by atoms with E-state index in [1.807, 2.05) is 13.8 Å². The van der Waals surface area contributed by atoms with E-state index in [9.17, 15) is 19.2 Å². The Morgan fingerprint density at radius 3 is 2.06 bits per heavy atom. The molecule has 0 spiro atoms. The van der Waals surface area contributed by atoms with Crippen LogP contribution in [0.5, 0.6) is 0 Å². The second-order valence-electron chi connectivity index (χ2n) is 9.12. The van der Waals surface area contributed by atoms with Crippen molar-refractivity contribution in [2.45, 2.75) is 71.6 Å². The summed E-state index contributed by atoms with van der Waals surface area (Å²) in [5.41, 5.74) is 10.4. The minimum atomic E-state index is -0.803. The number of hydrogen-bond donors (Lipinski definition) is 5. The Bertz CT molecular complexity index is 638. The number of rotatable bonds is 17. The van der Waals surface area contributed by atoms with Gasteiger partial charge in [-0.2, -0.15) is 0 Å². The first kappa shape index (κ1) is 31.6. The summed E-state index contributed by atoms with van der Waals surface area (Å²) in [4.78, 5) is 47.2. The van der Waals surface area contributed by atoms with Crippen LogP contribution in [-0.4, -0.2) is 81.0 Å². The van der Waals surface area contributed by atoms with Gasteiger partial charge >= 0.3 is 12.0 Å². The maximum Gasteiger partial charge on any atom is 0.312 e. The fourth-order valence-corrected chi connectivity index (χ4v) is 2.60. The van der Waals surface area contributed by atoms with E-state index in [0.29, 0.717) is 26.1 Å². The zero-order valence-electron chi connectivity index (χ0n) is 21.1. The SMILES string of the molecule is CC(C)[C@H](N)C(=O)N[C@@H](CCCNC(N)=O)C(=O)NCCOCCOCCC(=O)OC(C)(C)C. The number of primary amides is 1. The molecule has 7 N–H and O–H groups in total. The van der Waals surface area contributed by atoms with Gasteiger partial charge in [0, 0.05) is 13.1 Å².